The van der Waals surface area contributed by atoms with Crippen molar-refractivity contribution in [1.29, 1.82) is 0 Å². The molecule has 0 fully saturated rings. The van der Waals surface area contributed by atoms with Crippen molar-refractivity contribution in [3.8, 4) is 0 Å². The number of carbonyl (C=O) groups is 1. The highest BCUT2D eigenvalue weighted by atomic mass is 31.2. The van der Waals surface area contributed by atoms with Crippen LogP contribution in [0.5, 0.6) is 0 Å². The van der Waals surface area contributed by atoms with E-state index in [0.717, 1.165) is 44.9 Å². The minimum Gasteiger partial charge on any atom is -0.756 e. The molecule has 0 radical (unpaired) electrons. The number of phosphoric ester groups is 1. The predicted octanol–water partition coefficient (Wildman–Crippen LogP) is 14.0. The van der Waals surface area contributed by atoms with Crippen LogP contribution in [-0.4, -0.2) is 68.5 Å². The van der Waals surface area contributed by atoms with Gasteiger partial charge < -0.3 is 28.8 Å². The van der Waals surface area contributed by atoms with Crippen LogP contribution in [0.3, 0.4) is 0 Å². The van der Waals surface area contributed by atoms with Gasteiger partial charge in [-0.2, -0.15) is 0 Å². The fraction of sp³-hybridized carbons (Fsp3) is 0.863. The SMILES string of the molecule is CCCCCCCCCC/C=C/CC/C=C/CC/C=C/C(O)C(COP(=O)([O-])OCC[N+](C)(C)C)NC(=O)CCCCCCCCCCCCCCCCCCCCCC. The number of amides is 1. The number of hydrogen-bond acceptors (Lipinski definition) is 6. The summed E-state index contributed by atoms with van der Waals surface area (Å²) in [5, 5.41) is 13.8. The molecule has 0 saturated heterocycles. The minimum absolute atomic E-state index is 0.00763. The van der Waals surface area contributed by atoms with E-state index in [1.165, 1.54) is 167 Å². The van der Waals surface area contributed by atoms with E-state index < -0.39 is 26.6 Å². The number of aliphatic hydroxyl groups is 1. The molecule has 3 atom stereocenters. The number of likely N-dealkylation sites (N-methyl/N-ethyl adjacent to an activating group) is 1. The van der Waals surface area contributed by atoms with Gasteiger partial charge in [-0.1, -0.05) is 217 Å². The summed E-state index contributed by atoms with van der Waals surface area (Å²) in [5.41, 5.74) is 0. The zero-order valence-corrected chi connectivity index (χ0v) is 41.1. The van der Waals surface area contributed by atoms with E-state index in [9.17, 15) is 19.4 Å². The standard InChI is InChI=1S/C51H99N2O6P/c1-6-8-10-12-14-16-18-20-22-24-26-27-29-31-33-35-37-39-41-43-45-51(55)52-49(48-59-60(56,57)58-47-46-53(3,4)5)50(54)44-42-40-38-36-34-32-30-28-25-23-21-19-17-15-13-11-9-7-2/h25,28,34,36,42,44,49-50,54H,6-24,26-27,29-33,35,37-41,43,45-48H2,1-5H3,(H-,52,55,56,57)/b28-25+,36-34+,44-42+. The summed E-state index contributed by atoms with van der Waals surface area (Å²) in [4.78, 5) is 25.4. The van der Waals surface area contributed by atoms with Gasteiger partial charge in [0.15, 0.2) is 0 Å². The van der Waals surface area contributed by atoms with Crippen molar-refractivity contribution in [2.24, 2.45) is 0 Å². The molecule has 0 heterocycles. The molecule has 0 aromatic carbocycles. The van der Waals surface area contributed by atoms with Crippen LogP contribution in [0.4, 0.5) is 0 Å². The number of nitrogens with zero attached hydrogens (tertiary/aromatic N) is 1. The molecule has 0 spiro atoms. The number of carbonyl (C=O) groups excluding carboxylic acids is 1. The number of phosphoric acid groups is 1. The predicted molar refractivity (Wildman–Crippen MR) is 256 cm³/mol. The molecular weight excluding hydrogens is 768 g/mol. The monoisotopic (exact) mass is 867 g/mol. The summed E-state index contributed by atoms with van der Waals surface area (Å²) in [6.45, 7) is 4.63. The second-order valence-electron chi connectivity index (χ2n) is 18.5. The van der Waals surface area contributed by atoms with E-state index >= 15 is 0 Å². The molecule has 0 aromatic rings. The lowest BCUT2D eigenvalue weighted by atomic mass is 10.0. The van der Waals surface area contributed by atoms with Crippen LogP contribution in [0.2, 0.25) is 0 Å². The summed E-state index contributed by atoms with van der Waals surface area (Å²) >= 11 is 0. The fourth-order valence-electron chi connectivity index (χ4n) is 7.30. The van der Waals surface area contributed by atoms with Gasteiger partial charge in [-0.15, -0.1) is 0 Å². The summed E-state index contributed by atoms with van der Waals surface area (Å²) in [5.74, 6) is -0.208. The highest BCUT2D eigenvalue weighted by Gasteiger charge is 2.23. The maximum absolute atomic E-state index is 12.9. The summed E-state index contributed by atoms with van der Waals surface area (Å²) in [6.07, 6.45) is 53.4. The average molecular weight is 867 g/mol. The van der Waals surface area contributed by atoms with E-state index in [-0.39, 0.29) is 12.5 Å². The molecule has 60 heavy (non-hydrogen) atoms. The molecule has 0 aliphatic rings. The lowest BCUT2D eigenvalue weighted by Gasteiger charge is -2.29. The second-order valence-corrected chi connectivity index (χ2v) is 19.9. The van der Waals surface area contributed by atoms with Gasteiger partial charge in [0.2, 0.25) is 5.91 Å². The molecule has 0 aliphatic carbocycles. The fourth-order valence-corrected chi connectivity index (χ4v) is 8.03. The van der Waals surface area contributed by atoms with Crippen LogP contribution in [0.15, 0.2) is 36.5 Å². The number of aliphatic hydroxyl groups excluding tert-OH is 1. The third kappa shape index (κ3) is 44.8. The Balaban J connectivity index is 4.37. The van der Waals surface area contributed by atoms with Gasteiger partial charge >= 0.3 is 0 Å². The smallest absolute Gasteiger partial charge is 0.268 e. The van der Waals surface area contributed by atoms with Crippen LogP contribution >= 0.6 is 7.82 Å². The summed E-state index contributed by atoms with van der Waals surface area (Å²) in [6, 6.07) is -0.906. The van der Waals surface area contributed by atoms with E-state index in [4.69, 9.17) is 9.05 Å². The lowest BCUT2D eigenvalue weighted by Crippen LogP contribution is -2.45. The van der Waals surface area contributed by atoms with Crippen LogP contribution in [-0.2, 0) is 18.4 Å². The van der Waals surface area contributed by atoms with Gasteiger partial charge in [-0.05, 0) is 44.9 Å². The Bertz CT molecular complexity index is 1070. The highest BCUT2D eigenvalue weighted by molar-refractivity contribution is 7.45. The van der Waals surface area contributed by atoms with Gasteiger partial charge in [0.25, 0.3) is 7.82 Å². The zero-order chi connectivity index (χ0) is 44.3. The number of nitrogens with one attached hydrogen (secondary N) is 1. The Kier molecular flexibility index (Phi) is 42.1. The number of unbranched alkanes of at least 4 members (excludes halogenated alkanes) is 29. The Morgan fingerprint density at radius 2 is 0.933 bits per heavy atom. The molecule has 9 heteroatoms. The molecule has 0 rings (SSSR count). The first-order valence-electron chi connectivity index (χ1n) is 25.4. The molecule has 0 saturated carbocycles. The number of quaternary nitrogens is 1. The molecule has 354 valence electrons. The van der Waals surface area contributed by atoms with Crippen molar-refractivity contribution in [3.63, 3.8) is 0 Å². The van der Waals surface area contributed by atoms with Gasteiger partial charge in [0.05, 0.1) is 39.9 Å². The zero-order valence-electron chi connectivity index (χ0n) is 40.2. The van der Waals surface area contributed by atoms with Crippen molar-refractivity contribution < 1.29 is 32.9 Å². The molecule has 1 amide bonds. The van der Waals surface area contributed by atoms with Crippen molar-refractivity contribution in [2.45, 2.75) is 244 Å². The largest absolute Gasteiger partial charge is 0.756 e. The number of allylic oxidation sites excluding steroid dienone is 5. The van der Waals surface area contributed by atoms with Crippen LogP contribution in [0.25, 0.3) is 0 Å². The molecule has 0 aromatic heterocycles. The van der Waals surface area contributed by atoms with E-state index in [2.05, 4.69) is 43.5 Å². The molecule has 3 unspecified atom stereocenters. The topological polar surface area (TPSA) is 108 Å². The van der Waals surface area contributed by atoms with Crippen LogP contribution in [0, 0.1) is 0 Å². The lowest BCUT2D eigenvalue weighted by molar-refractivity contribution is -0.870. The quantitative estimate of drug-likeness (QED) is 0.0273. The number of hydrogen-bond donors (Lipinski definition) is 2. The average Bonchev–Trinajstić information content (AvgIpc) is 3.20. The maximum Gasteiger partial charge on any atom is 0.268 e. The molecule has 0 bridgehead atoms. The highest BCUT2D eigenvalue weighted by Crippen LogP contribution is 2.38. The van der Waals surface area contributed by atoms with Crippen molar-refractivity contribution in [2.75, 3.05) is 40.9 Å². The molecular formula is C51H99N2O6P. The first-order chi connectivity index (χ1) is 29.0. The first-order valence-corrected chi connectivity index (χ1v) is 26.8. The van der Waals surface area contributed by atoms with Crippen LogP contribution < -0.4 is 10.2 Å². The third-order valence-electron chi connectivity index (χ3n) is 11.3. The second kappa shape index (κ2) is 43.0. The molecule has 2 N–H and O–H groups in total. The van der Waals surface area contributed by atoms with Crippen molar-refractivity contribution in [1.82, 2.24) is 5.32 Å². The Morgan fingerprint density at radius 3 is 1.35 bits per heavy atom. The Hall–Kier alpha value is -1.28. The summed E-state index contributed by atoms with van der Waals surface area (Å²) in [7, 11) is 1.24. The first kappa shape index (κ1) is 58.7. The van der Waals surface area contributed by atoms with Gasteiger partial charge in [-0.3, -0.25) is 9.36 Å². The molecule has 8 nitrogen and oxygen atoms in total. The van der Waals surface area contributed by atoms with E-state index in [1.54, 1.807) is 6.08 Å². The minimum atomic E-state index is -4.60. The normalized spacial score (nSPS) is 14.4. The van der Waals surface area contributed by atoms with Crippen molar-refractivity contribution in [3.05, 3.63) is 36.5 Å². The Labute approximate surface area is 372 Å². The van der Waals surface area contributed by atoms with Gasteiger partial charge in [0, 0.05) is 6.42 Å². The van der Waals surface area contributed by atoms with E-state index in [0.29, 0.717) is 17.4 Å². The number of rotatable bonds is 46. The van der Waals surface area contributed by atoms with Gasteiger partial charge in [-0.25, -0.2) is 0 Å². The third-order valence-corrected chi connectivity index (χ3v) is 12.3. The maximum atomic E-state index is 12.9. The van der Waals surface area contributed by atoms with Gasteiger partial charge in [0.1, 0.15) is 13.2 Å². The Morgan fingerprint density at radius 1 is 0.567 bits per heavy atom. The molecule has 0 aliphatic heterocycles. The summed E-state index contributed by atoms with van der Waals surface area (Å²) < 4.78 is 23.2. The van der Waals surface area contributed by atoms with Crippen LogP contribution in [0.1, 0.15) is 232 Å². The van der Waals surface area contributed by atoms with Crippen molar-refractivity contribution >= 4 is 13.7 Å². The van der Waals surface area contributed by atoms with E-state index in [1.807, 2.05) is 27.2 Å².